The average molecular weight is 382 g/mol. The standard InChI is InChI=1S/C21H18O7/c1-3-9-25-20(22)13-26-15-7-8-17-18(11-15)27-12-19(21(17)23)28-16-6-4-5-14(10-16)24-2/h3-8,10-12H,1,9,13H2,2H3. The predicted octanol–water partition coefficient (Wildman–Crippen LogP) is 3.70. The van der Waals surface area contributed by atoms with Crippen LogP contribution in [-0.4, -0.2) is 26.3 Å². The molecule has 0 unspecified atom stereocenters. The largest absolute Gasteiger partial charge is 0.497 e. The number of carbonyl (C=O) groups is 1. The van der Waals surface area contributed by atoms with E-state index in [0.29, 0.717) is 28.2 Å². The Bertz CT molecular complexity index is 1050. The Morgan fingerprint density at radius 1 is 1.14 bits per heavy atom. The second kappa shape index (κ2) is 8.77. The molecule has 0 aliphatic heterocycles. The maximum Gasteiger partial charge on any atom is 0.344 e. The summed E-state index contributed by atoms with van der Waals surface area (Å²) in [4.78, 5) is 24.1. The van der Waals surface area contributed by atoms with Gasteiger partial charge >= 0.3 is 5.97 Å². The number of ether oxygens (including phenoxy) is 4. The second-order valence-corrected chi connectivity index (χ2v) is 5.63. The van der Waals surface area contributed by atoms with Crippen LogP contribution in [0, 0.1) is 0 Å². The second-order valence-electron chi connectivity index (χ2n) is 5.63. The minimum absolute atomic E-state index is 0.0439. The molecule has 0 radical (unpaired) electrons. The van der Waals surface area contributed by atoms with Gasteiger partial charge in [0.2, 0.25) is 11.2 Å². The molecule has 0 bridgehead atoms. The van der Waals surface area contributed by atoms with Gasteiger partial charge in [0.05, 0.1) is 12.5 Å². The van der Waals surface area contributed by atoms with Gasteiger partial charge in [-0.25, -0.2) is 4.79 Å². The number of hydrogen-bond donors (Lipinski definition) is 0. The molecule has 0 amide bonds. The van der Waals surface area contributed by atoms with E-state index in [1.807, 2.05) is 0 Å². The summed E-state index contributed by atoms with van der Waals surface area (Å²) < 4.78 is 26.4. The molecule has 0 spiro atoms. The lowest BCUT2D eigenvalue weighted by Gasteiger charge is -2.08. The quantitative estimate of drug-likeness (QED) is 0.434. The van der Waals surface area contributed by atoms with Crippen molar-refractivity contribution in [1.82, 2.24) is 0 Å². The highest BCUT2D eigenvalue weighted by atomic mass is 16.6. The zero-order valence-electron chi connectivity index (χ0n) is 15.2. The summed E-state index contributed by atoms with van der Waals surface area (Å²) in [6, 6.07) is 11.5. The molecule has 28 heavy (non-hydrogen) atoms. The van der Waals surface area contributed by atoms with Crippen molar-refractivity contribution in [3.63, 3.8) is 0 Å². The summed E-state index contributed by atoms with van der Waals surface area (Å²) in [5.41, 5.74) is -0.0269. The first-order valence-electron chi connectivity index (χ1n) is 8.37. The third-order valence-electron chi connectivity index (χ3n) is 3.70. The van der Waals surface area contributed by atoms with Crippen molar-refractivity contribution in [2.24, 2.45) is 0 Å². The van der Waals surface area contributed by atoms with Crippen LogP contribution in [0.4, 0.5) is 0 Å². The third kappa shape index (κ3) is 4.50. The predicted molar refractivity (Wildman–Crippen MR) is 102 cm³/mol. The Balaban J connectivity index is 1.77. The number of hydrogen-bond acceptors (Lipinski definition) is 7. The van der Waals surface area contributed by atoms with Crippen LogP contribution in [0.2, 0.25) is 0 Å². The van der Waals surface area contributed by atoms with Crippen molar-refractivity contribution in [1.29, 1.82) is 0 Å². The monoisotopic (exact) mass is 382 g/mol. The molecule has 144 valence electrons. The summed E-state index contributed by atoms with van der Waals surface area (Å²) >= 11 is 0. The summed E-state index contributed by atoms with van der Waals surface area (Å²) in [7, 11) is 1.54. The molecule has 0 N–H and O–H groups in total. The summed E-state index contributed by atoms with van der Waals surface area (Å²) in [6.07, 6.45) is 2.69. The van der Waals surface area contributed by atoms with Crippen molar-refractivity contribution >= 4 is 16.9 Å². The van der Waals surface area contributed by atoms with Crippen molar-refractivity contribution in [3.05, 3.63) is 71.6 Å². The van der Waals surface area contributed by atoms with Gasteiger partial charge in [-0.05, 0) is 24.3 Å². The van der Waals surface area contributed by atoms with Crippen LogP contribution in [0.25, 0.3) is 11.0 Å². The van der Waals surface area contributed by atoms with Gasteiger partial charge in [-0.15, -0.1) is 0 Å². The van der Waals surface area contributed by atoms with Crippen LogP contribution in [-0.2, 0) is 9.53 Å². The zero-order chi connectivity index (χ0) is 19.9. The summed E-state index contributed by atoms with van der Waals surface area (Å²) in [5.74, 6) is 0.943. The molecular weight excluding hydrogens is 364 g/mol. The first-order valence-corrected chi connectivity index (χ1v) is 8.37. The molecule has 0 atom stereocenters. The fraction of sp³-hybridized carbons (Fsp3) is 0.143. The number of carbonyl (C=O) groups excluding carboxylic acids is 1. The van der Waals surface area contributed by atoms with Gasteiger partial charge in [-0.2, -0.15) is 0 Å². The molecule has 7 heteroatoms. The number of fused-ring (bicyclic) bond motifs is 1. The topological polar surface area (TPSA) is 84.2 Å². The fourth-order valence-corrected chi connectivity index (χ4v) is 2.38. The van der Waals surface area contributed by atoms with E-state index < -0.39 is 5.97 Å². The summed E-state index contributed by atoms with van der Waals surface area (Å²) in [6.45, 7) is 3.31. The van der Waals surface area contributed by atoms with E-state index in [1.54, 1.807) is 43.5 Å². The molecule has 0 aliphatic carbocycles. The van der Waals surface area contributed by atoms with Crippen molar-refractivity contribution in [3.8, 4) is 23.0 Å². The lowest BCUT2D eigenvalue weighted by atomic mass is 10.2. The summed E-state index contributed by atoms with van der Waals surface area (Å²) in [5, 5.41) is 0.321. The highest BCUT2D eigenvalue weighted by Crippen LogP contribution is 2.26. The molecule has 3 aromatic rings. The Labute approximate surface area is 160 Å². The van der Waals surface area contributed by atoms with Gasteiger partial charge in [0.15, 0.2) is 6.61 Å². The fourth-order valence-electron chi connectivity index (χ4n) is 2.38. The van der Waals surface area contributed by atoms with E-state index in [4.69, 9.17) is 23.4 Å². The normalized spacial score (nSPS) is 10.3. The van der Waals surface area contributed by atoms with Gasteiger partial charge in [-0.3, -0.25) is 4.79 Å². The lowest BCUT2D eigenvalue weighted by molar-refractivity contribution is -0.144. The highest BCUT2D eigenvalue weighted by molar-refractivity contribution is 5.79. The van der Waals surface area contributed by atoms with Crippen molar-refractivity contribution < 1.29 is 28.2 Å². The van der Waals surface area contributed by atoms with E-state index in [-0.39, 0.29) is 24.4 Å². The number of esters is 1. The van der Waals surface area contributed by atoms with Crippen LogP contribution in [0.5, 0.6) is 23.0 Å². The molecule has 2 aromatic carbocycles. The van der Waals surface area contributed by atoms with Gasteiger partial charge < -0.3 is 23.4 Å². The highest BCUT2D eigenvalue weighted by Gasteiger charge is 2.11. The minimum Gasteiger partial charge on any atom is -0.497 e. The number of benzene rings is 2. The molecule has 7 nitrogen and oxygen atoms in total. The Morgan fingerprint density at radius 2 is 1.96 bits per heavy atom. The van der Waals surface area contributed by atoms with Crippen LogP contribution >= 0.6 is 0 Å². The van der Waals surface area contributed by atoms with Crippen molar-refractivity contribution in [2.75, 3.05) is 20.3 Å². The molecule has 1 aromatic heterocycles. The molecule has 1 heterocycles. The van der Waals surface area contributed by atoms with Crippen LogP contribution in [0.3, 0.4) is 0 Å². The molecule has 0 fully saturated rings. The van der Waals surface area contributed by atoms with Crippen LogP contribution < -0.4 is 19.6 Å². The van der Waals surface area contributed by atoms with E-state index in [2.05, 4.69) is 6.58 Å². The van der Waals surface area contributed by atoms with E-state index >= 15 is 0 Å². The Morgan fingerprint density at radius 3 is 2.75 bits per heavy atom. The molecule has 0 saturated heterocycles. The van der Waals surface area contributed by atoms with E-state index in [9.17, 15) is 9.59 Å². The Kier molecular flexibility index (Phi) is 5.96. The molecular formula is C21H18O7. The van der Waals surface area contributed by atoms with Crippen LogP contribution in [0.1, 0.15) is 0 Å². The SMILES string of the molecule is C=CCOC(=O)COc1ccc2c(=O)c(Oc3cccc(OC)c3)coc2c1. The van der Waals surface area contributed by atoms with Gasteiger partial charge in [0.25, 0.3) is 0 Å². The number of rotatable bonds is 8. The number of methoxy groups -OCH3 is 1. The maximum atomic E-state index is 12.6. The lowest BCUT2D eigenvalue weighted by Crippen LogP contribution is -2.14. The average Bonchev–Trinajstić information content (AvgIpc) is 2.73. The van der Waals surface area contributed by atoms with E-state index in [1.165, 1.54) is 18.4 Å². The van der Waals surface area contributed by atoms with E-state index in [0.717, 1.165) is 0 Å². The van der Waals surface area contributed by atoms with Crippen LogP contribution in [0.15, 0.2) is 70.6 Å². The zero-order valence-corrected chi connectivity index (χ0v) is 15.2. The smallest absolute Gasteiger partial charge is 0.344 e. The molecule has 3 rings (SSSR count). The molecule has 0 saturated carbocycles. The van der Waals surface area contributed by atoms with Crippen molar-refractivity contribution in [2.45, 2.75) is 0 Å². The van der Waals surface area contributed by atoms with Gasteiger partial charge in [0, 0.05) is 12.1 Å². The van der Waals surface area contributed by atoms with Gasteiger partial charge in [0.1, 0.15) is 35.7 Å². The Hall–Kier alpha value is -3.74. The molecule has 0 aliphatic rings. The third-order valence-corrected chi connectivity index (χ3v) is 3.70. The van der Waals surface area contributed by atoms with Gasteiger partial charge in [-0.1, -0.05) is 18.7 Å². The minimum atomic E-state index is -0.525. The first-order chi connectivity index (χ1) is 13.6. The first kappa shape index (κ1) is 19.0. The maximum absolute atomic E-state index is 12.6.